The molecular weight excluding hydrogens is 419 g/mol. The molecule has 0 fully saturated rings. The summed E-state index contributed by atoms with van der Waals surface area (Å²) in [6.45, 7) is -0.686. The largest absolute Gasteiger partial charge is 0.411 e. The number of nitrogens with one attached hydrogen (secondary N) is 1. The molecule has 0 unspecified atom stereocenters. The molecule has 3 aromatic rings. The molecule has 0 spiro atoms. The second kappa shape index (κ2) is 9.77. The summed E-state index contributed by atoms with van der Waals surface area (Å²) in [4.78, 5) is 12.3. The summed E-state index contributed by atoms with van der Waals surface area (Å²) in [6.07, 6.45) is -1.22. The fraction of sp³-hybridized carbons (Fsp3) is 0.238. The molecule has 1 amide bonds. The Balaban J connectivity index is 1.49. The Kier molecular flexibility index (Phi) is 7.12. The van der Waals surface area contributed by atoms with Gasteiger partial charge in [-0.25, -0.2) is 0 Å². The first kappa shape index (κ1) is 21.9. The van der Waals surface area contributed by atoms with Crippen molar-refractivity contribution in [2.24, 2.45) is 0 Å². The number of carbonyl (C=O) groups is 1. The van der Waals surface area contributed by atoms with E-state index in [4.69, 9.17) is 11.6 Å². The van der Waals surface area contributed by atoms with E-state index in [0.29, 0.717) is 22.7 Å². The summed E-state index contributed by atoms with van der Waals surface area (Å²) >= 11 is 6.14. The Morgan fingerprint density at radius 2 is 1.80 bits per heavy atom. The van der Waals surface area contributed by atoms with Gasteiger partial charge in [-0.3, -0.25) is 9.48 Å². The summed E-state index contributed by atoms with van der Waals surface area (Å²) in [7, 11) is 0. The number of hydrogen-bond donors (Lipinski definition) is 1. The second-order valence-electron chi connectivity index (χ2n) is 6.63. The number of ether oxygens (including phenoxy) is 1. The van der Waals surface area contributed by atoms with Crippen molar-refractivity contribution in [3.8, 4) is 0 Å². The molecule has 30 heavy (non-hydrogen) atoms. The first-order chi connectivity index (χ1) is 14.3. The third kappa shape index (κ3) is 6.60. The number of aromatic nitrogens is 2. The van der Waals surface area contributed by atoms with E-state index in [2.05, 4.69) is 15.2 Å². The highest BCUT2D eigenvalue weighted by Gasteiger charge is 2.27. The number of alkyl halides is 3. The van der Waals surface area contributed by atoms with Crippen LogP contribution in [0.3, 0.4) is 0 Å². The first-order valence-electron chi connectivity index (χ1n) is 9.06. The number of benzene rings is 2. The van der Waals surface area contributed by atoms with Gasteiger partial charge < -0.3 is 10.1 Å². The van der Waals surface area contributed by atoms with E-state index >= 15 is 0 Å². The molecule has 1 aromatic heterocycles. The molecule has 1 N–H and O–H groups in total. The predicted molar refractivity (Wildman–Crippen MR) is 106 cm³/mol. The Morgan fingerprint density at radius 3 is 2.50 bits per heavy atom. The van der Waals surface area contributed by atoms with Crippen LogP contribution in [0.2, 0.25) is 5.02 Å². The van der Waals surface area contributed by atoms with Crippen molar-refractivity contribution in [1.82, 2.24) is 15.1 Å². The van der Waals surface area contributed by atoms with Gasteiger partial charge in [0.2, 0.25) is 0 Å². The zero-order valence-corrected chi connectivity index (χ0v) is 16.6. The summed E-state index contributed by atoms with van der Waals surface area (Å²) < 4.78 is 42.5. The van der Waals surface area contributed by atoms with Crippen LogP contribution in [0.1, 0.15) is 27.0 Å². The van der Waals surface area contributed by atoms with Crippen molar-refractivity contribution in [2.45, 2.75) is 25.9 Å². The Hall–Kier alpha value is -2.84. The van der Waals surface area contributed by atoms with E-state index in [0.717, 1.165) is 11.1 Å². The molecule has 0 aliphatic heterocycles. The number of hydrogen-bond acceptors (Lipinski definition) is 3. The van der Waals surface area contributed by atoms with Gasteiger partial charge in [0.25, 0.3) is 5.91 Å². The molecule has 9 heteroatoms. The fourth-order valence-corrected chi connectivity index (χ4v) is 2.89. The highest BCUT2D eigenvalue weighted by Crippen LogP contribution is 2.17. The van der Waals surface area contributed by atoms with E-state index in [1.54, 1.807) is 41.2 Å². The molecule has 0 saturated carbocycles. The normalized spacial score (nSPS) is 11.5. The molecule has 2 aromatic carbocycles. The maximum absolute atomic E-state index is 12.3. The van der Waals surface area contributed by atoms with Gasteiger partial charge in [-0.05, 0) is 22.8 Å². The van der Waals surface area contributed by atoms with Crippen LogP contribution in [-0.4, -0.2) is 28.5 Å². The third-order valence-electron chi connectivity index (χ3n) is 4.20. The summed E-state index contributed by atoms with van der Waals surface area (Å²) in [6, 6.07) is 14.2. The van der Waals surface area contributed by atoms with Crippen LogP contribution in [0.5, 0.6) is 0 Å². The van der Waals surface area contributed by atoms with E-state index in [-0.39, 0.29) is 19.1 Å². The van der Waals surface area contributed by atoms with Crippen molar-refractivity contribution in [3.05, 3.63) is 88.2 Å². The monoisotopic (exact) mass is 437 g/mol. The highest BCUT2D eigenvalue weighted by molar-refractivity contribution is 6.31. The molecular formula is C21H19ClF3N3O2. The molecule has 0 bridgehead atoms. The third-order valence-corrected chi connectivity index (χ3v) is 4.56. The van der Waals surface area contributed by atoms with Gasteiger partial charge in [-0.2, -0.15) is 18.3 Å². The SMILES string of the molecule is O=C(NCc1ccc(COCC(F)(F)F)cc1)c1cnn(Cc2ccccc2Cl)c1. The smallest absolute Gasteiger partial charge is 0.367 e. The van der Waals surface area contributed by atoms with Crippen molar-refractivity contribution >= 4 is 17.5 Å². The minimum Gasteiger partial charge on any atom is -0.367 e. The second-order valence-corrected chi connectivity index (χ2v) is 7.03. The van der Waals surface area contributed by atoms with Gasteiger partial charge in [-0.1, -0.05) is 54.1 Å². The van der Waals surface area contributed by atoms with Gasteiger partial charge in [0.15, 0.2) is 0 Å². The first-order valence-corrected chi connectivity index (χ1v) is 9.44. The van der Waals surface area contributed by atoms with Crippen LogP contribution in [0.15, 0.2) is 60.9 Å². The molecule has 1 heterocycles. The lowest BCUT2D eigenvalue weighted by molar-refractivity contribution is -0.176. The average Bonchev–Trinajstić information content (AvgIpc) is 3.17. The number of carbonyl (C=O) groups excluding carboxylic acids is 1. The standard InChI is InChI=1S/C21H19ClF3N3O2/c22-19-4-2-1-3-17(19)11-28-12-18(10-27-28)20(29)26-9-15-5-7-16(8-6-15)13-30-14-21(23,24)25/h1-8,10,12H,9,11,13-14H2,(H,26,29). The molecule has 0 atom stereocenters. The van der Waals surface area contributed by atoms with Crippen molar-refractivity contribution in [2.75, 3.05) is 6.61 Å². The highest BCUT2D eigenvalue weighted by atomic mass is 35.5. The molecule has 0 aliphatic carbocycles. The van der Waals surface area contributed by atoms with Gasteiger partial charge in [-0.15, -0.1) is 0 Å². The van der Waals surface area contributed by atoms with Crippen molar-refractivity contribution < 1.29 is 22.7 Å². The molecule has 0 radical (unpaired) electrons. The van der Waals surface area contributed by atoms with E-state index in [9.17, 15) is 18.0 Å². The van der Waals surface area contributed by atoms with Crippen LogP contribution in [0.25, 0.3) is 0 Å². The molecule has 0 saturated heterocycles. The van der Waals surface area contributed by atoms with E-state index in [1.165, 1.54) is 6.20 Å². The minimum absolute atomic E-state index is 0.128. The number of amides is 1. The van der Waals surface area contributed by atoms with Crippen LogP contribution in [-0.2, 0) is 24.4 Å². The maximum atomic E-state index is 12.3. The molecule has 158 valence electrons. The fourth-order valence-electron chi connectivity index (χ4n) is 2.69. The lowest BCUT2D eigenvalue weighted by atomic mass is 10.1. The zero-order valence-electron chi connectivity index (χ0n) is 15.8. The van der Waals surface area contributed by atoms with Gasteiger partial charge in [0.05, 0.1) is 24.9 Å². The summed E-state index contributed by atoms with van der Waals surface area (Å²) in [5, 5.41) is 7.61. The van der Waals surface area contributed by atoms with E-state index in [1.807, 2.05) is 18.2 Å². The van der Waals surface area contributed by atoms with Gasteiger partial charge >= 0.3 is 6.18 Å². The lowest BCUT2D eigenvalue weighted by Gasteiger charge is -2.08. The number of rotatable bonds is 8. The Morgan fingerprint density at radius 1 is 1.10 bits per heavy atom. The van der Waals surface area contributed by atoms with Crippen LogP contribution in [0.4, 0.5) is 13.2 Å². The van der Waals surface area contributed by atoms with Crippen LogP contribution < -0.4 is 5.32 Å². The topological polar surface area (TPSA) is 56.1 Å². The lowest BCUT2D eigenvalue weighted by Crippen LogP contribution is -2.22. The van der Waals surface area contributed by atoms with Gasteiger partial charge in [0, 0.05) is 17.8 Å². The summed E-state index contributed by atoms with van der Waals surface area (Å²) in [5.41, 5.74) is 2.74. The van der Waals surface area contributed by atoms with Gasteiger partial charge in [0.1, 0.15) is 6.61 Å². The number of halogens is 4. The molecule has 0 aliphatic rings. The number of nitrogens with zero attached hydrogens (tertiary/aromatic N) is 2. The zero-order chi connectivity index (χ0) is 21.6. The van der Waals surface area contributed by atoms with Crippen LogP contribution >= 0.6 is 11.6 Å². The molecule has 5 nitrogen and oxygen atoms in total. The van der Waals surface area contributed by atoms with Crippen molar-refractivity contribution in [3.63, 3.8) is 0 Å². The average molecular weight is 438 g/mol. The Bertz CT molecular complexity index is 988. The molecule has 3 rings (SSSR count). The van der Waals surface area contributed by atoms with Crippen LogP contribution in [0, 0.1) is 0 Å². The van der Waals surface area contributed by atoms with Crippen molar-refractivity contribution in [1.29, 1.82) is 0 Å². The Labute approximate surface area is 176 Å². The van der Waals surface area contributed by atoms with E-state index < -0.39 is 12.8 Å². The minimum atomic E-state index is -4.34. The predicted octanol–water partition coefficient (Wildman–Crippen LogP) is 4.59. The summed E-state index contributed by atoms with van der Waals surface area (Å²) in [5.74, 6) is -0.280. The quantitative estimate of drug-likeness (QED) is 0.560. The maximum Gasteiger partial charge on any atom is 0.411 e.